The van der Waals surface area contributed by atoms with E-state index in [1.54, 1.807) is 0 Å². The van der Waals surface area contributed by atoms with Crippen LogP contribution in [0.2, 0.25) is 5.02 Å². The van der Waals surface area contributed by atoms with E-state index in [4.69, 9.17) is 16.0 Å². The molecule has 1 atom stereocenters. The number of hydrogen-bond acceptors (Lipinski definition) is 2. The van der Waals surface area contributed by atoms with Crippen LogP contribution in [0.3, 0.4) is 0 Å². The predicted molar refractivity (Wildman–Crippen MR) is 82.1 cm³/mol. The van der Waals surface area contributed by atoms with Gasteiger partial charge in [0, 0.05) is 5.39 Å². The van der Waals surface area contributed by atoms with Crippen molar-refractivity contribution in [2.75, 3.05) is 6.54 Å². The highest BCUT2D eigenvalue weighted by Crippen LogP contribution is 2.50. The highest BCUT2D eigenvalue weighted by Gasteiger charge is 2.48. The van der Waals surface area contributed by atoms with Gasteiger partial charge in [0.15, 0.2) is 5.58 Å². The summed E-state index contributed by atoms with van der Waals surface area (Å²) in [6.07, 6.45) is 7.71. The molecule has 0 bridgehead atoms. The number of nitrogens with one attached hydrogen (secondary N) is 1. The molecule has 2 heterocycles. The zero-order valence-corrected chi connectivity index (χ0v) is 12.4. The second-order valence-electron chi connectivity index (χ2n) is 6.25. The number of fused-ring (bicyclic) bond motifs is 1. The summed E-state index contributed by atoms with van der Waals surface area (Å²) in [4.78, 5) is 0. The fraction of sp³-hybridized carbons (Fsp3) is 0.529. The molecule has 2 aromatic rings. The third kappa shape index (κ3) is 1.97. The van der Waals surface area contributed by atoms with E-state index in [0.29, 0.717) is 5.02 Å². The number of halogens is 1. The standard InChI is InChI=1S/C17H20ClNO/c18-14-6-4-5-12-11-15(20-16(12)14)17(13-7-8-13)9-2-1-3-10-19-17/h4-6,11,13,19H,1-3,7-10H2. The first-order valence-corrected chi connectivity index (χ1v) is 8.11. The molecule has 4 rings (SSSR count). The Bertz CT molecular complexity index is 621. The van der Waals surface area contributed by atoms with Crippen molar-refractivity contribution in [3.8, 4) is 0 Å². The highest BCUT2D eigenvalue weighted by atomic mass is 35.5. The van der Waals surface area contributed by atoms with Crippen molar-refractivity contribution in [1.82, 2.24) is 5.32 Å². The molecule has 1 saturated heterocycles. The maximum Gasteiger partial charge on any atom is 0.152 e. The second kappa shape index (κ2) is 4.78. The number of hydrogen-bond donors (Lipinski definition) is 1. The Labute approximate surface area is 124 Å². The van der Waals surface area contributed by atoms with Crippen LogP contribution in [0.1, 0.15) is 44.3 Å². The summed E-state index contributed by atoms with van der Waals surface area (Å²) >= 11 is 6.27. The van der Waals surface area contributed by atoms with Crippen molar-refractivity contribution in [3.05, 3.63) is 35.0 Å². The van der Waals surface area contributed by atoms with Gasteiger partial charge in [0.25, 0.3) is 0 Å². The summed E-state index contributed by atoms with van der Waals surface area (Å²) in [6, 6.07) is 8.19. The zero-order valence-electron chi connectivity index (χ0n) is 11.6. The van der Waals surface area contributed by atoms with Crippen LogP contribution in [-0.4, -0.2) is 6.54 Å². The van der Waals surface area contributed by atoms with E-state index >= 15 is 0 Å². The van der Waals surface area contributed by atoms with E-state index in [1.807, 2.05) is 12.1 Å². The van der Waals surface area contributed by atoms with Crippen LogP contribution in [0.15, 0.2) is 28.7 Å². The Hall–Kier alpha value is -0.990. The van der Waals surface area contributed by atoms with E-state index in [1.165, 1.54) is 38.5 Å². The first-order chi connectivity index (χ1) is 9.79. The van der Waals surface area contributed by atoms with Crippen molar-refractivity contribution < 1.29 is 4.42 Å². The molecule has 1 aliphatic carbocycles. The lowest BCUT2D eigenvalue weighted by molar-refractivity contribution is 0.231. The van der Waals surface area contributed by atoms with E-state index in [9.17, 15) is 0 Å². The molecular formula is C17H20ClNO. The third-order valence-electron chi connectivity index (χ3n) is 4.90. The van der Waals surface area contributed by atoms with Gasteiger partial charge in [-0.25, -0.2) is 0 Å². The molecule has 0 amide bonds. The van der Waals surface area contributed by atoms with Crippen molar-refractivity contribution in [2.24, 2.45) is 5.92 Å². The molecule has 2 fully saturated rings. The molecule has 1 aromatic carbocycles. The molecule has 0 spiro atoms. The van der Waals surface area contributed by atoms with Gasteiger partial charge in [-0.05, 0) is 50.3 Å². The molecule has 2 nitrogen and oxygen atoms in total. The van der Waals surface area contributed by atoms with Gasteiger partial charge < -0.3 is 9.73 Å². The van der Waals surface area contributed by atoms with Gasteiger partial charge in [-0.3, -0.25) is 0 Å². The molecule has 106 valence electrons. The summed E-state index contributed by atoms with van der Waals surface area (Å²) in [7, 11) is 0. The monoisotopic (exact) mass is 289 g/mol. The van der Waals surface area contributed by atoms with Crippen LogP contribution < -0.4 is 5.32 Å². The van der Waals surface area contributed by atoms with Gasteiger partial charge in [0.05, 0.1) is 10.6 Å². The van der Waals surface area contributed by atoms with E-state index < -0.39 is 0 Å². The van der Waals surface area contributed by atoms with Gasteiger partial charge in [-0.1, -0.05) is 36.6 Å². The van der Waals surface area contributed by atoms with Gasteiger partial charge in [-0.15, -0.1) is 0 Å². The van der Waals surface area contributed by atoms with Crippen molar-refractivity contribution in [3.63, 3.8) is 0 Å². The van der Waals surface area contributed by atoms with Crippen molar-refractivity contribution in [2.45, 2.75) is 44.1 Å². The summed E-state index contributed by atoms with van der Waals surface area (Å²) in [5.41, 5.74) is 0.897. The normalized spacial score (nSPS) is 27.6. The smallest absolute Gasteiger partial charge is 0.152 e. The van der Waals surface area contributed by atoms with E-state index in [2.05, 4.69) is 17.4 Å². The quantitative estimate of drug-likeness (QED) is 0.854. The largest absolute Gasteiger partial charge is 0.458 e. The molecular weight excluding hydrogens is 270 g/mol. The van der Waals surface area contributed by atoms with Crippen molar-refractivity contribution in [1.29, 1.82) is 0 Å². The Morgan fingerprint density at radius 1 is 1.20 bits per heavy atom. The molecule has 3 heteroatoms. The highest BCUT2D eigenvalue weighted by molar-refractivity contribution is 6.34. The molecule has 0 radical (unpaired) electrons. The Balaban J connectivity index is 1.83. The molecule has 2 aliphatic rings. The fourth-order valence-electron chi connectivity index (χ4n) is 3.69. The number of furan rings is 1. The average molecular weight is 290 g/mol. The maximum absolute atomic E-state index is 6.27. The van der Waals surface area contributed by atoms with Crippen LogP contribution in [-0.2, 0) is 5.54 Å². The Morgan fingerprint density at radius 3 is 2.90 bits per heavy atom. The summed E-state index contributed by atoms with van der Waals surface area (Å²) in [6.45, 7) is 1.10. The Kier molecular flexibility index (Phi) is 3.04. The van der Waals surface area contributed by atoms with Crippen molar-refractivity contribution >= 4 is 22.6 Å². The zero-order chi connectivity index (χ0) is 13.6. The van der Waals surface area contributed by atoms with Gasteiger partial charge in [-0.2, -0.15) is 0 Å². The minimum atomic E-state index is 0.0544. The first-order valence-electron chi connectivity index (χ1n) is 7.73. The summed E-state index contributed by atoms with van der Waals surface area (Å²) in [5, 5.41) is 5.66. The second-order valence-corrected chi connectivity index (χ2v) is 6.66. The molecule has 1 unspecified atom stereocenters. The van der Waals surface area contributed by atoms with Crippen LogP contribution in [0.5, 0.6) is 0 Å². The number of rotatable bonds is 2. The minimum absolute atomic E-state index is 0.0544. The summed E-state index contributed by atoms with van der Waals surface area (Å²) < 4.78 is 6.20. The Morgan fingerprint density at radius 2 is 2.10 bits per heavy atom. The van der Waals surface area contributed by atoms with Gasteiger partial charge in [0.1, 0.15) is 5.76 Å². The minimum Gasteiger partial charge on any atom is -0.458 e. The summed E-state index contributed by atoms with van der Waals surface area (Å²) in [5.74, 6) is 1.84. The first kappa shape index (κ1) is 12.7. The lowest BCUT2D eigenvalue weighted by Crippen LogP contribution is -2.43. The lowest BCUT2D eigenvalue weighted by Gasteiger charge is -2.32. The third-order valence-corrected chi connectivity index (χ3v) is 5.20. The lowest BCUT2D eigenvalue weighted by atomic mass is 9.85. The van der Waals surface area contributed by atoms with Gasteiger partial charge >= 0.3 is 0 Å². The van der Waals surface area contributed by atoms with Crippen LogP contribution in [0, 0.1) is 5.92 Å². The van der Waals surface area contributed by atoms with Crippen LogP contribution in [0.4, 0.5) is 0 Å². The SMILES string of the molecule is Clc1cccc2cc(C3(C4CC4)CCCCCN3)oc12. The topological polar surface area (TPSA) is 25.2 Å². The molecule has 1 N–H and O–H groups in total. The molecule has 20 heavy (non-hydrogen) atoms. The van der Waals surface area contributed by atoms with Crippen LogP contribution in [0.25, 0.3) is 11.0 Å². The van der Waals surface area contributed by atoms with E-state index in [0.717, 1.165) is 29.2 Å². The number of para-hydroxylation sites is 1. The van der Waals surface area contributed by atoms with Gasteiger partial charge in [0.2, 0.25) is 0 Å². The average Bonchev–Trinajstić information content (AvgIpc) is 3.23. The molecule has 1 aromatic heterocycles. The molecule has 1 aliphatic heterocycles. The van der Waals surface area contributed by atoms with E-state index in [-0.39, 0.29) is 5.54 Å². The fourth-order valence-corrected chi connectivity index (χ4v) is 3.91. The number of benzene rings is 1. The maximum atomic E-state index is 6.27. The molecule has 1 saturated carbocycles. The van der Waals surface area contributed by atoms with Crippen LogP contribution >= 0.6 is 11.6 Å². The predicted octanol–water partition coefficient (Wildman–Crippen LogP) is 4.86.